The van der Waals surface area contributed by atoms with Crippen LogP contribution in [0.2, 0.25) is 0 Å². The molecule has 0 bridgehead atoms. The van der Waals surface area contributed by atoms with E-state index in [-0.39, 0.29) is 11.7 Å². The molecule has 5 heteroatoms. The van der Waals surface area contributed by atoms with E-state index in [4.69, 9.17) is 0 Å². The highest BCUT2D eigenvalue weighted by Crippen LogP contribution is 2.04. The zero-order chi connectivity index (χ0) is 9.73. The molecule has 0 saturated heterocycles. The summed E-state index contributed by atoms with van der Waals surface area (Å²) in [7, 11) is -3.45. The van der Waals surface area contributed by atoms with Gasteiger partial charge in [-0.05, 0) is 5.56 Å². The van der Waals surface area contributed by atoms with Crippen molar-refractivity contribution in [3.8, 4) is 0 Å². The molecule has 0 N–H and O–H groups in total. The minimum Gasteiger partial charge on any atom is -0.265 e. The van der Waals surface area contributed by atoms with Crippen LogP contribution in [0.1, 0.15) is 5.56 Å². The topological polar surface area (TPSA) is 43.4 Å². The van der Waals surface area contributed by atoms with Gasteiger partial charge in [0.05, 0.1) is 6.61 Å². The van der Waals surface area contributed by atoms with Crippen molar-refractivity contribution in [3.63, 3.8) is 0 Å². The Morgan fingerprint density at radius 3 is 2.38 bits per heavy atom. The highest BCUT2D eigenvalue weighted by atomic mass is 32.3. The van der Waals surface area contributed by atoms with E-state index in [9.17, 15) is 8.42 Å². The largest absolute Gasteiger partial charge is 0.276 e. The monoisotopic (exact) mass is 218 g/mol. The van der Waals surface area contributed by atoms with Gasteiger partial charge in [0.15, 0.2) is 0 Å². The molecule has 13 heavy (non-hydrogen) atoms. The number of hydrogen-bond donors (Lipinski definition) is 1. The van der Waals surface area contributed by atoms with Gasteiger partial charge in [-0.15, -0.1) is 0 Å². The summed E-state index contributed by atoms with van der Waals surface area (Å²) in [5.74, 6) is 0. The third kappa shape index (κ3) is 3.80. The molecule has 1 aromatic rings. The lowest BCUT2D eigenvalue weighted by molar-refractivity contribution is 0.311. The molecule has 0 radical (unpaired) electrons. The van der Waals surface area contributed by atoms with Crippen LogP contribution in [0.4, 0.5) is 0 Å². The number of benzene rings is 1. The molecule has 1 rings (SSSR count). The van der Waals surface area contributed by atoms with Gasteiger partial charge in [0.2, 0.25) is 0 Å². The number of hydrogen-bond acceptors (Lipinski definition) is 4. The second-order valence-electron chi connectivity index (χ2n) is 2.43. The van der Waals surface area contributed by atoms with Crippen LogP contribution in [-0.4, -0.2) is 13.5 Å². The molecule has 0 aliphatic rings. The highest BCUT2D eigenvalue weighted by molar-refractivity contribution is 8.01. The van der Waals surface area contributed by atoms with Crippen molar-refractivity contribution in [1.82, 2.24) is 0 Å². The fourth-order valence-corrected chi connectivity index (χ4v) is 1.38. The first-order valence-corrected chi connectivity index (χ1v) is 5.87. The summed E-state index contributed by atoms with van der Waals surface area (Å²) in [5, 5.41) is -0.292. The van der Waals surface area contributed by atoms with Crippen molar-refractivity contribution in [2.24, 2.45) is 0 Å². The summed E-state index contributed by atoms with van der Waals surface area (Å²) in [6.07, 6.45) is 0. The van der Waals surface area contributed by atoms with Crippen molar-refractivity contribution in [1.29, 1.82) is 0 Å². The zero-order valence-corrected chi connectivity index (χ0v) is 8.59. The average molecular weight is 218 g/mol. The van der Waals surface area contributed by atoms with Gasteiger partial charge in [-0.1, -0.05) is 30.3 Å². The molecule has 0 spiro atoms. The van der Waals surface area contributed by atoms with E-state index in [0.717, 1.165) is 5.56 Å². The summed E-state index contributed by atoms with van der Waals surface area (Å²) in [5.41, 5.74) is 0.827. The third-order valence-corrected chi connectivity index (χ3v) is 3.15. The standard InChI is InChI=1S/C8H10O3S2/c9-13(10,7-12)11-6-8-4-2-1-3-5-8/h1-5,12H,6-7H2. The molecule has 0 aliphatic heterocycles. The summed E-state index contributed by atoms with van der Waals surface area (Å²) in [6.45, 7) is 0.0731. The van der Waals surface area contributed by atoms with E-state index >= 15 is 0 Å². The lowest BCUT2D eigenvalue weighted by atomic mass is 10.2. The number of thiol groups is 1. The minimum absolute atomic E-state index is 0.0731. The van der Waals surface area contributed by atoms with Crippen LogP contribution in [0, 0.1) is 0 Å². The molecule has 0 aromatic heterocycles. The van der Waals surface area contributed by atoms with Crippen LogP contribution >= 0.6 is 12.6 Å². The van der Waals surface area contributed by atoms with E-state index in [0.29, 0.717) is 0 Å². The predicted octanol–water partition coefficient (Wildman–Crippen LogP) is 1.42. The van der Waals surface area contributed by atoms with Crippen molar-refractivity contribution in [2.45, 2.75) is 6.61 Å². The van der Waals surface area contributed by atoms with Crippen LogP contribution in [-0.2, 0) is 20.9 Å². The zero-order valence-electron chi connectivity index (χ0n) is 6.88. The van der Waals surface area contributed by atoms with E-state index in [1.165, 1.54) is 0 Å². The van der Waals surface area contributed by atoms with Gasteiger partial charge in [0.25, 0.3) is 10.1 Å². The first-order chi connectivity index (χ1) is 6.14. The van der Waals surface area contributed by atoms with Crippen molar-refractivity contribution >= 4 is 22.7 Å². The molecule has 0 aliphatic carbocycles. The van der Waals surface area contributed by atoms with Gasteiger partial charge >= 0.3 is 0 Å². The maximum absolute atomic E-state index is 10.9. The Bertz CT molecular complexity index is 345. The molecule has 0 atom stereocenters. The van der Waals surface area contributed by atoms with E-state index < -0.39 is 10.1 Å². The number of rotatable bonds is 4. The van der Waals surface area contributed by atoms with Crippen molar-refractivity contribution in [2.75, 3.05) is 5.08 Å². The molecule has 0 amide bonds. The Kier molecular flexibility index (Phi) is 3.77. The first kappa shape index (κ1) is 10.6. The molecule has 0 unspecified atom stereocenters. The second kappa shape index (κ2) is 4.64. The molecular formula is C8H10O3S2. The Balaban J connectivity index is 2.54. The first-order valence-electron chi connectivity index (χ1n) is 3.66. The van der Waals surface area contributed by atoms with Gasteiger partial charge in [0, 0.05) is 0 Å². The van der Waals surface area contributed by atoms with Gasteiger partial charge in [-0.25, -0.2) is 0 Å². The summed E-state index contributed by atoms with van der Waals surface area (Å²) in [6, 6.07) is 9.11. The summed E-state index contributed by atoms with van der Waals surface area (Å²) in [4.78, 5) is 0. The lowest BCUT2D eigenvalue weighted by Gasteiger charge is -2.01. The van der Waals surface area contributed by atoms with E-state index in [1.54, 1.807) is 12.1 Å². The molecule has 3 nitrogen and oxygen atoms in total. The van der Waals surface area contributed by atoms with Gasteiger partial charge in [0.1, 0.15) is 5.08 Å². The Morgan fingerprint density at radius 2 is 1.85 bits per heavy atom. The van der Waals surface area contributed by atoms with Gasteiger partial charge in [-0.2, -0.15) is 21.0 Å². The SMILES string of the molecule is O=S(=O)(CS)OCc1ccccc1. The summed E-state index contributed by atoms with van der Waals surface area (Å²) >= 11 is 3.63. The molecule has 0 saturated carbocycles. The molecule has 72 valence electrons. The Labute approximate surface area is 83.3 Å². The van der Waals surface area contributed by atoms with Crippen LogP contribution < -0.4 is 0 Å². The van der Waals surface area contributed by atoms with Crippen molar-refractivity contribution < 1.29 is 12.6 Å². The van der Waals surface area contributed by atoms with Crippen LogP contribution in [0.3, 0.4) is 0 Å². The van der Waals surface area contributed by atoms with Gasteiger partial charge in [-0.3, -0.25) is 4.18 Å². The van der Waals surface area contributed by atoms with Crippen LogP contribution in [0.25, 0.3) is 0 Å². The molecule has 0 fully saturated rings. The van der Waals surface area contributed by atoms with Crippen LogP contribution in [0.5, 0.6) is 0 Å². The fraction of sp³-hybridized carbons (Fsp3) is 0.250. The predicted molar refractivity (Wildman–Crippen MR) is 54.0 cm³/mol. The third-order valence-electron chi connectivity index (χ3n) is 1.41. The molecule has 1 aromatic carbocycles. The normalized spacial score (nSPS) is 11.5. The van der Waals surface area contributed by atoms with E-state index in [1.807, 2.05) is 18.2 Å². The van der Waals surface area contributed by atoms with Crippen molar-refractivity contribution in [3.05, 3.63) is 35.9 Å². The maximum atomic E-state index is 10.9. The second-order valence-corrected chi connectivity index (χ2v) is 4.82. The minimum atomic E-state index is -3.45. The van der Waals surface area contributed by atoms with Gasteiger partial charge < -0.3 is 0 Å². The smallest absolute Gasteiger partial charge is 0.265 e. The maximum Gasteiger partial charge on any atom is 0.276 e. The van der Waals surface area contributed by atoms with Crippen LogP contribution in [0.15, 0.2) is 30.3 Å². The molecular weight excluding hydrogens is 208 g/mol. The molecule has 0 heterocycles. The Morgan fingerprint density at radius 1 is 1.23 bits per heavy atom. The van der Waals surface area contributed by atoms with E-state index in [2.05, 4.69) is 16.8 Å². The quantitative estimate of drug-likeness (QED) is 0.614. The fourth-order valence-electron chi connectivity index (χ4n) is 0.769. The highest BCUT2D eigenvalue weighted by Gasteiger charge is 2.07. The average Bonchev–Trinajstić information content (AvgIpc) is 2.17. The summed E-state index contributed by atoms with van der Waals surface area (Å²) < 4.78 is 26.4. The Hall–Kier alpha value is -0.520. The lowest BCUT2D eigenvalue weighted by Crippen LogP contribution is -2.06.